The first-order chi connectivity index (χ1) is 13.9. The van der Waals surface area contributed by atoms with E-state index in [2.05, 4.69) is 10.3 Å². The molecule has 1 aromatic heterocycles. The van der Waals surface area contributed by atoms with Crippen molar-refractivity contribution in [3.8, 4) is 10.6 Å². The standard InChI is InChI=1S/C22H21ClN2O3S/c1-14-6-8-16(9-7-14)12-24-21(27)15(2)28-20(26)11-19-13-29-22(25-19)17-4-3-5-18(23)10-17/h3-10,13,15H,11-12H2,1-2H3,(H,24,27). The SMILES string of the molecule is Cc1ccc(CNC(=O)C(C)OC(=O)Cc2csc(-c3cccc(Cl)c3)n2)cc1. The molecule has 2 aromatic carbocycles. The fraction of sp³-hybridized carbons (Fsp3) is 0.227. The molecule has 0 spiro atoms. The Morgan fingerprint density at radius 2 is 1.97 bits per heavy atom. The number of carbonyl (C=O) groups excluding carboxylic acids is 2. The number of rotatable bonds is 7. The highest BCUT2D eigenvalue weighted by Gasteiger charge is 2.19. The number of hydrogen-bond acceptors (Lipinski definition) is 5. The lowest BCUT2D eigenvalue weighted by atomic mass is 10.1. The molecule has 1 N–H and O–H groups in total. The van der Waals surface area contributed by atoms with E-state index in [1.165, 1.54) is 11.3 Å². The predicted molar refractivity (Wildman–Crippen MR) is 115 cm³/mol. The Morgan fingerprint density at radius 3 is 2.69 bits per heavy atom. The van der Waals surface area contributed by atoms with Gasteiger partial charge in [-0.15, -0.1) is 11.3 Å². The molecule has 0 saturated heterocycles. The normalized spacial score (nSPS) is 11.7. The summed E-state index contributed by atoms with van der Waals surface area (Å²) in [5, 5.41) is 5.99. The first-order valence-electron chi connectivity index (χ1n) is 9.14. The molecule has 3 aromatic rings. The van der Waals surface area contributed by atoms with E-state index in [1.54, 1.807) is 18.4 Å². The Labute approximate surface area is 178 Å². The minimum Gasteiger partial charge on any atom is -0.452 e. The highest BCUT2D eigenvalue weighted by Crippen LogP contribution is 2.26. The van der Waals surface area contributed by atoms with Crippen LogP contribution in [0, 0.1) is 6.92 Å². The highest BCUT2D eigenvalue weighted by atomic mass is 35.5. The van der Waals surface area contributed by atoms with Crippen molar-refractivity contribution < 1.29 is 14.3 Å². The molecular weight excluding hydrogens is 408 g/mol. The summed E-state index contributed by atoms with van der Waals surface area (Å²) >= 11 is 7.44. The van der Waals surface area contributed by atoms with E-state index in [0.717, 1.165) is 21.7 Å². The maximum absolute atomic E-state index is 12.2. The van der Waals surface area contributed by atoms with Gasteiger partial charge in [-0.25, -0.2) is 4.98 Å². The maximum Gasteiger partial charge on any atom is 0.312 e. The van der Waals surface area contributed by atoms with Crippen LogP contribution < -0.4 is 5.32 Å². The molecule has 5 nitrogen and oxygen atoms in total. The minimum atomic E-state index is -0.876. The average Bonchev–Trinajstić information content (AvgIpc) is 3.15. The Morgan fingerprint density at radius 1 is 1.21 bits per heavy atom. The number of hydrogen-bond donors (Lipinski definition) is 1. The summed E-state index contributed by atoms with van der Waals surface area (Å²) in [4.78, 5) is 28.8. The fourth-order valence-corrected chi connectivity index (χ4v) is 3.63. The summed E-state index contributed by atoms with van der Waals surface area (Å²) in [7, 11) is 0. The first kappa shape index (κ1) is 21.0. The van der Waals surface area contributed by atoms with Crippen LogP contribution in [0.1, 0.15) is 23.7 Å². The second kappa shape index (κ2) is 9.67. The van der Waals surface area contributed by atoms with E-state index in [-0.39, 0.29) is 12.3 Å². The van der Waals surface area contributed by atoms with Crippen molar-refractivity contribution >= 4 is 34.8 Å². The van der Waals surface area contributed by atoms with E-state index < -0.39 is 12.1 Å². The third kappa shape index (κ3) is 6.14. The minimum absolute atomic E-state index is 0.00660. The number of ether oxygens (including phenoxy) is 1. The van der Waals surface area contributed by atoms with Gasteiger partial charge in [-0.05, 0) is 31.5 Å². The zero-order valence-corrected chi connectivity index (χ0v) is 17.7. The summed E-state index contributed by atoms with van der Waals surface area (Å²) in [6.45, 7) is 3.95. The van der Waals surface area contributed by atoms with Crippen LogP contribution in [0.2, 0.25) is 5.02 Å². The average molecular weight is 429 g/mol. The number of benzene rings is 2. The van der Waals surface area contributed by atoms with E-state index in [0.29, 0.717) is 17.3 Å². The molecule has 0 fully saturated rings. The molecule has 0 aliphatic rings. The largest absolute Gasteiger partial charge is 0.452 e. The molecule has 29 heavy (non-hydrogen) atoms. The van der Waals surface area contributed by atoms with Crippen molar-refractivity contribution in [1.82, 2.24) is 10.3 Å². The summed E-state index contributed by atoms with van der Waals surface area (Å²) in [6.07, 6.45) is -0.869. The van der Waals surface area contributed by atoms with Crippen LogP contribution in [-0.4, -0.2) is 23.0 Å². The van der Waals surface area contributed by atoms with Crippen LogP contribution in [-0.2, 0) is 27.3 Å². The molecule has 0 aliphatic heterocycles. The van der Waals surface area contributed by atoms with Gasteiger partial charge in [0.1, 0.15) is 5.01 Å². The van der Waals surface area contributed by atoms with Gasteiger partial charge in [-0.1, -0.05) is 53.6 Å². The van der Waals surface area contributed by atoms with Crippen molar-refractivity contribution in [3.05, 3.63) is 75.8 Å². The van der Waals surface area contributed by atoms with Crippen molar-refractivity contribution in [2.75, 3.05) is 0 Å². The third-order valence-electron chi connectivity index (χ3n) is 4.21. The second-order valence-corrected chi connectivity index (χ2v) is 7.96. The molecule has 7 heteroatoms. The molecule has 0 saturated carbocycles. The van der Waals surface area contributed by atoms with Crippen LogP contribution >= 0.6 is 22.9 Å². The van der Waals surface area contributed by atoms with Crippen LogP contribution in [0.25, 0.3) is 10.6 Å². The lowest BCUT2D eigenvalue weighted by Crippen LogP contribution is -2.35. The van der Waals surface area contributed by atoms with Crippen molar-refractivity contribution in [2.24, 2.45) is 0 Å². The van der Waals surface area contributed by atoms with Gasteiger partial charge < -0.3 is 10.1 Å². The Kier molecular flexibility index (Phi) is 7.01. The number of carbonyl (C=O) groups is 2. The first-order valence-corrected chi connectivity index (χ1v) is 10.4. The highest BCUT2D eigenvalue weighted by molar-refractivity contribution is 7.13. The molecular formula is C22H21ClN2O3S. The number of amides is 1. The number of nitrogens with zero attached hydrogens (tertiary/aromatic N) is 1. The number of esters is 1. The number of halogens is 1. The van der Waals surface area contributed by atoms with Gasteiger partial charge in [0.05, 0.1) is 12.1 Å². The summed E-state index contributed by atoms with van der Waals surface area (Å²) in [5.74, 6) is -0.831. The predicted octanol–water partition coefficient (Wildman–Crippen LogP) is 4.56. The molecule has 0 radical (unpaired) electrons. The summed E-state index contributed by atoms with van der Waals surface area (Å²) in [6, 6.07) is 15.2. The number of thiazole rings is 1. The van der Waals surface area contributed by atoms with Crippen molar-refractivity contribution in [1.29, 1.82) is 0 Å². The van der Waals surface area contributed by atoms with Gasteiger partial charge in [-0.2, -0.15) is 0 Å². The van der Waals surface area contributed by atoms with Gasteiger partial charge in [-0.3, -0.25) is 9.59 Å². The fourth-order valence-electron chi connectivity index (χ4n) is 2.62. The van der Waals surface area contributed by atoms with Gasteiger partial charge in [0.15, 0.2) is 6.10 Å². The monoisotopic (exact) mass is 428 g/mol. The van der Waals surface area contributed by atoms with Gasteiger partial charge >= 0.3 is 5.97 Å². The van der Waals surface area contributed by atoms with Crippen molar-refractivity contribution in [2.45, 2.75) is 32.9 Å². The Bertz CT molecular complexity index is 1000. The van der Waals surface area contributed by atoms with Gasteiger partial charge in [0.25, 0.3) is 5.91 Å². The van der Waals surface area contributed by atoms with Gasteiger partial charge in [0, 0.05) is 22.5 Å². The molecule has 0 aliphatic carbocycles. The summed E-state index contributed by atoms with van der Waals surface area (Å²) in [5.41, 5.74) is 3.63. The summed E-state index contributed by atoms with van der Waals surface area (Å²) < 4.78 is 5.25. The molecule has 3 rings (SSSR count). The maximum atomic E-state index is 12.2. The Balaban J connectivity index is 1.49. The van der Waals surface area contributed by atoms with Crippen LogP contribution in [0.3, 0.4) is 0 Å². The lowest BCUT2D eigenvalue weighted by Gasteiger charge is -2.13. The quantitative estimate of drug-likeness (QED) is 0.560. The second-order valence-electron chi connectivity index (χ2n) is 6.67. The molecule has 1 unspecified atom stereocenters. The van der Waals surface area contributed by atoms with E-state index in [1.807, 2.05) is 49.4 Å². The Hall–Kier alpha value is -2.70. The molecule has 1 heterocycles. The number of aryl methyl sites for hydroxylation is 1. The molecule has 150 valence electrons. The molecule has 1 atom stereocenters. The van der Waals surface area contributed by atoms with Crippen molar-refractivity contribution in [3.63, 3.8) is 0 Å². The van der Waals surface area contributed by atoms with Crippen LogP contribution in [0.5, 0.6) is 0 Å². The van der Waals surface area contributed by atoms with Gasteiger partial charge in [0.2, 0.25) is 0 Å². The molecule has 1 amide bonds. The molecule has 0 bridgehead atoms. The zero-order chi connectivity index (χ0) is 20.8. The lowest BCUT2D eigenvalue weighted by molar-refractivity contribution is -0.154. The van der Waals surface area contributed by atoms with Crippen LogP contribution in [0.4, 0.5) is 0 Å². The number of aromatic nitrogens is 1. The van der Waals surface area contributed by atoms with E-state index in [9.17, 15) is 9.59 Å². The zero-order valence-electron chi connectivity index (χ0n) is 16.1. The van der Waals surface area contributed by atoms with E-state index in [4.69, 9.17) is 16.3 Å². The van der Waals surface area contributed by atoms with Crippen LogP contribution in [0.15, 0.2) is 53.9 Å². The third-order valence-corrected chi connectivity index (χ3v) is 5.39. The topological polar surface area (TPSA) is 68.3 Å². The number of nitrogens with one attached hydrogen (secondary N) is 1. The van der Waals surface area contributed by atoms with E-state index >= 15 is 0 Å². The smallest absolute Gasteiger partial charge is 0.312 e.